The lowest BCUT2D eigenvalue weighted by Crippen LogP contribution is -1.91. The quantitative estimate of drug-likeness (QED) is 0.572. The van der Waals surface area contributed by atoms with E-state index in [2.05, 4.69) is 49.4 Å². The van der Waals surface area contributed by atoms with E-state index in [9.17, 15) is 0 Å². The van der Waals surface area contributed by atoms with E-state index < -0.39 is 0 Å². The maximum Gasteiger partial charge on any atom is -0.0195 e. The second-order valence-corrected chi connectivity index (χ2v) is 3.83. The van der Waals surface area contributed by atoms with Crippen LogP contribution in [0.3, 0.4) is 0 Å². The van der Waals surface area contributed by atoms with E-state index in [1.54, 1.807) is 0 Å². The van der Waals surface area contributed by atoms with Crippen molar-refractivity contribution in [2.24, 2.45) is 0 Å². The molecule has 0 bridgehead atoms. The number of hydrogen-bond donors (Lipinski definition) is 0. The Morgan fingerprint density at radius 1 is 1.14 bits per heavy atom. The average Bonchev–Trinajstić information content (AvgIpc) is 2.30. The minimum absolute atomic E-state index is 1.19. The molecule has 0 saturated carbocycles. The Hall–Kier alpha value is -1.30. The number of rotatable bonds is 0. The Morgan fingerprint density at radius 3 is 2.93 bits per heavy atom. The Bertz CT molecular complexity index is 369. The first-order valence-corrected chi connectivity index (χ1v) is 5.29. The van der Waals surface area contributed by atoms with Crippen LogP contribution in [0.15, 0.2) is 42.5 Å². The summed E-state index contributed by atoms with van der Waals surface area (Å²) in [4.78, 5) is 0. The van der Waals surface area contributed by atoms with Gasteiger partial charge in [-0.25, -0.2) is 0 Å². The maximum absolute atomic E-state index is 2.26. The van der Waals surface area contributed by atoms with Crippen molar-refractivity contribution >= 4 is 5.57 Å². The van der Waals surface area contributed by atoms with Crippen molar-refractivity contribution in [3.8, 4) is 0 Å². The Kier molecular flexibility index (Phi) is 2.83. The molecule has 0 amide bonds. The monoisotopic (exact) mass is 184 g/mol. The summed E-state index contributed by atoms with van der Waals surface area (Å²) < 4.78 is 0. The van der Waals surface area contributed by atoms with Gasteiger partial charge in [-0.3, -0.25) is 0 Å². The summed E-state index contributed by atoms with van der Waals surface area (Å²) in [5, 5.41) is 0. The van der Waals surface area contributed by atoms with Gasteiger partial charge in [-0.05, 0) is 42.9 Å². The molecule has 0 saturated heterocycles. The minimum atomic E-state index is 1.19. The van der Waals surface area contributed by atoms with Gasteiger partial charge in [0.2, 0.25) is 0 Å². The van der Waals surface area contributed by atoms with Crippen molar-refractivity contribution in [3.05, 3.63) is 53.6 Å². The first-order valence-electron chi connectivity index (χ1n) is 5.29. The van der Waals surface area contributed by atoms with E-state index >= 15 is 0 Å². The van der Waals surface area contributed by atoms with Crippen LogP contribution in [0.2, 0.25) is 0 Å². The lowest BCUT2D eigenvalue weighted by molar-refractivity contribution is 0.842. The van der Waals surface area contributed by atoms with E-state index in [1.165, 1.54) is 36.0 Å². The molecule has 0 aliphatic heterocycles. The molecule has 0 nitrogen and oxygen atoms in total. The number of benzene rings is 1. The second-order valence-electron chi connectivity index (χ2n) is 3.83. The predicted octanol–water partition coefficient (Wildman–Crippen LogP) is 3.98. The summed E-state index contributed by atoms with van der Waals surface area (Å²) in [5.41, 5.74) is 4.28. The van der Waals surface area contributed by atoms with Crippen molar-refractivity contribution in [2.75, 3.05) is 0 Å². The zero-order chi connectivity index (χ0) is 9.80. The van der Waals surface area contributed by atoms with Gasteiger partial charge < -0.3 is 0 Å². The highest BCUT2D eigenvalue weighted by Crippen LogP contribution is 2.21. The number of aryl methyl sites for hydroxylation is 1. The summed E-state index contributed by atoms with van der Waals surface area (Å²) >= 11 is 0. The average molecular weight is 184 g/mol. The number of fused-ring (bicyclic) bond motifs is 1. The number of allylic oxidation sites excluding steroid dienone is 4. The normalized spacial score (nSPS) is 22.2. The van der Waals surface area contributed by atoms with Crippen molar-refractivity contribution in [2.45, 2.75) is 26.2 Å². The molecular weight excluding hydrogens is 168 g/mol. The van der Waals surface area contributed by atoms with Crippen LogP contribution in [-0.4, -0.2) is 0 Å². The Balaban J connectivity index is 2.45. The van der Waals surface area contributed by atoms with Crippen LogP contribution in [-0.2, 0) is 6.42 Å². The standard InChI is InChI=1S/C14H16/c1-12-8-4-2-3-5-9-13-10-6-7-11-14(12)13/h2,4,6-8,10-11H,3,5,9H2,1H3/b4-2-,12-8-. The first kappa shape index (κ1) is 9.26. The highest BCUT2D eigenvalue weighted by atomic mass is 14.1. The van der Waals surface area contributed by atoms with Gasteiger partial charge in [-0.15, -0.1) is 0 Å². The molecule has 1 aromatic rings. The van der Waals surface area contributed by atoms with Gasteiger partial charge in [-0.2, -0.15) is 0 Å². The molecule has 1 aliphatic rings. The van der Waals surface area contributed by atoms with Crippen LogP contribution in [0.4, 0.5) is 0 Å². The van der Waals surface area contributed by atoms with E-state index in [0.717, 1.165) is 0 Å². The lowest BCUT2D eigenvalue weighted by Gasteiger charge is -2.08. The zero-order valence-corrected chi connectivity index (χ0v) is 8.66. The van der Waals surface area contributed by atoms with Crippen LogP contribution in [0.5, 0.6) is 0 Å². The van der Waals surface area contributed by atoms with Gasteiger partial charge >= 0.3 is 0 Å². The molecule has 0 heteroatoms. The SMILES string of the molecule is C/C1=C/C=C\CCCc2ccccc21. The number of hydrogen-bond acceptors (Lipinski definition) is 0. The van der Waals surface area contributed by atoms with Crippen molar-refractivity contribution in [1.82, 2.24) is 0 Å². The molecule has 2 rings (SSSR count). The summed E-state index contributed by atoms with van der Waals surface area (Å²) in [6.07, 6.45) is 10.3. The molecule has 0 aromatic heterocycles. The van der Waals surface area contributed by atoms with Crippen LogP contribution >= 0.6 is 0 Å². The van der Waals surface area contributed by atoms with E-state index in [1.807, 2.05) is 0 Å². The predicted molar refractivity (Wildman–Crippen MR) is 62.2 cm³/mol. The third-order valence-electron chi connectivity index (χ3n) is 2.74. The molecule has 0 spiro atoms. The van der Waals surface area contributed by atoms with Gasteiger partial charge in [0, 0.05) is 0 Å². The fourth-order valence-corrected chi connectivity index (χ4v) is 1.93. The molecule has 0 fully saturated rings. The van der Waals surface area contributed by atoms with Crippen molar-refractivity contribution in [1.29, 1.82) is 0 Å². The summed E-state index contributed by atoms with van der Waals surface area (Å²) in [6, 6.07) is 8.73. The highest BCUT2D eigenvalue weighted by Gasteiger charge is 2.03. The van der Waals surface area contributed by atoms with E-state index in [-0.39, 0.29) is 0 Å². The maximum atomic E-state index is 2.26. The molecular formula is C14H16. The fourth-order valence-electron chi connectivity index (χ4n) is 1.93. The molecule has 0 radical (unpaired) electrons. The van der Waals surface area contributed by atoms with Gasteiger partial charge in [0.25, 0.3) is 0 Å². The first-order chi connectivity index (χ1) is 6.88. The molecule has 0 heterocycles. The highest BCUT2D eigenvalue weighted by molar-refractivity contribution is 5.68. The molecule has 14 heavy (non-hydrogen) atoms. The van der Waals surface area contributed by atoms with Crippen LogP contribution < -0.4 is 0 Å². The lowest BCUT2D eigenvalue weighted by atomic mass is 9.97. The smallest absolute Gasteiger partial charge is 0.0195 e. The van der Waals surface area contributed by atoms with Gasteiger partial charge in [-0.1, -0.05) is 42.5 Å². The third-order valence-corrected chi connectivity index (χ3v) is 2.74. The topological polar surface area (TPSA) is 0 Å². The summed E-state index contributed by atoms with van der Waals surface area (Å²) in [6.45, 7) is 2.19. The minimum Gasteiger partial charge on any atom is -0.0845 e. The van der Waals surface area contributed by atoms with Gasteiger partial charge in [0.15, 0.2) is 0 Å². The van der Waals surface area contributed by atoms with Gasteiger partial charge in [0.05, 0.1) is 0 Å². The van der Waals surface area contributed by atoms with Crippen LogP contribution in [0.25, 0.3) is 5.57 Å². The van der Waals surface area contributed by atoms with Gasteiger partial charge in [0.1, 0.15) is 0 Å². The summed E-state index contributed by atoms with van der Waals surface area (Å²) in [5.74, 6) is 0. The largest absolute Gasteiger partial charge is 0.0845 e. The zero-order valence-electron chi connectivity index (χ0n) is 8.66. The van der Waals surface area contributed by atoms with Crippen molar-refractivity contribution in [3.63, 3.8) is 0 Å². The third kappa shape index (κ3) is 1.95. The van der Waals surface area contributed by atoms with E-state index in [0.29, 0.717) is 0 Å². The van der Waals surface area contributed by atoms with Crippen LogP contribution in [0, 0.1) is 0 Å². The molecule has 0 unspecified atom stereocenters. The fraction of sp³-hybridized carbons (Fsp3) is 0.286. The summed E-state index contributed by atoms with van der Waals surface area (Å²) in [7, 11) is 0. The van der Waals surface area contributed by atoms with Crippen molar-refractivity contribution < 1.29 is 0 Å². The molecule has 72 valence electrons. The molecule has 0 N–H and O–H groups in total. The molecule has 0 atom stereocenters. The molecule has 1 aliphatic carbocycles. The molecule has 1 aromatic carbocycles. The second kappa shape index (κ2) is 4.28. The van der Waals surface area contributed by atoms with E-state index in [4.69, 9.17) is 0 Å². The Labute approximate surface area is 86.0 Å². The van der Waals surface area contributed by atoms with Crippen LogP contribution in [0.1, 0.15) is 30.9 Å². The Morgan fingerprint density at radius 2 is 2.00 bits per heavy atom.